The van der Waals surface area contributed by atoms with E-state index in [1.165, 1.54) is 4.90 Å². The highest BCUT2D eigenvalue weighted by molar-refractivity contribution is 5.65. The number of anilines is 1. The first-order valence-electron chi connectivity index (χ1n) is 13.6. The number of nitrogens with zero attached hydrogens (tertiary/aromatic N) is 2. The van der Waals surface area contributed by atoms with E-state index in [2.05, 4.69) is 11.0 Å². The van der Waals surface area contributed by atoms with E-state index in [0.29, 0.717) is 19.0 Å². The highest BCUT2D eigenvalue weighted by Crippen LogP contribution is 2.35. The van der Waals surface area contributed by atoms with Crippen LogP contribution in [-0.2, 0) is 16.1 Å². The smallest absolute Gasteiger partial charge is 0.407 e. The summed E-state index contributed by atoms with van der Waals surface area (Å²) < 4.78 is 23.3. The van der Waals surface area contributed by atoms with Crippen LogP contribution in [0.3, 0.4) is 0 Å². The van der Waals surface area contributed by atoms with Gasteiger partial charge in [0.2, 0.25) is 0 Å². The number of ether oxygens (including phenoxy) is 4. The molecule has 2 aliphatic rings. The van der Waals surface area contributed by atoms with Gasteiger partial charge in [-0.25, -0.2) is 4.79 Å². The van der Waals surface area contributed by atoms with Gasteiger partial charge in [0.15, 0.2) is 0 Å². The van der Waals surface area contributed by atoms with Crippen LogP contribution < -0.4 is 14.4 Å². The Bertz CT molecular complexity index is 1250. The van der Waals surface area contributed by atoms with Crippen molar-refractivity contribution >= 4 is 11.8 Å². The summed E-state index contributed by atoms with van der Waals surface area (Å²) in [7, 11) is 1.70. The molecule has 212 valence electrons. The Morgan fingerprint density at radius 2 is 1.80 bits per heavy atom. The predicted molar refractivity (Wildman–Crippen MR) is 151 cm³/mol. The number of amides is 1. The molecule has 5 rings (SSSR count). The number of carbonyl (C=O) groups is 1. The molecule has 2 N–H and O–H groups in total. The molecule has 3 aromatic carbocycles. The summed E-state index contributed by atoms with van der Waals surface area (Å²) in [6, 6.07) is 23.0. The standard InChI is InChI=1S/C31H36N2O7/c1-37-16-5-14-32-15-17-38-28-13-8-22(18-26(28)32)21-39-29-20-33(31(35)36)19-27(34)30(29)23-9-11-25(12-10-23)40-24-6-3-2-4-7-24/h2-4,6-13,18,27,29-30,34H,5,14-17,19-21H2,1H3,(H,35,36). The van der Waals surface area contributed by atoms with E-state index >= 15 is 0 Å². The van der Waals surface area contributed by atoms with Crippen LogP contribution in [0, 0.1) is 0 Å². The second-order valence-electron chi connectivity index (χ2n) is 10.1. The molecule has 1 fully saturated rings. The highest BCUT2D eigenvalue weighted by Gasteiger charge is 2.39. The molecule has 2 heterocycles. The number of hydrogen-bond donors (Lipinski definition) is 2. The zero-order chi connectivity index (χ0) is 27.9. The van der Waals surface area contributed by atoms with Crippen molar-refractivity contribution in [2.24, 2.45) is 0 Å². The van der Waals surface area contributed by atoms with Gasteiger partial charge >= 0.3 is 6.09 Å². The molecule has 2 aliphatic heterocycles. The lowest BCUT2D eigenvalue weighted by molar-refractivity contribution is -0.0660. The molecule has 0 aliphatic carbocycles. The number of likely N-dealkylation sites (tertiary alicyclic amines) is 1. The van der Waals surface area contributed by atoms with Crippen LogP contribution in [0.4, 0.5) is 10.5 Å². The van der Waals surface area contributed by atoms with Crippen LogP contribution in [0.15, 0.2) is 72.8 Å². The van der Waals surface area contributed by atoms with Gasteiger partial charge in [0.25, 0.3) is 0 Å². The molecule has 0 saturated carbocycles. The predicted octanol–water partition coefficient (Wildman–Crippen LogP) is 4.74. The van der Waals surface area contributed by atoms with Crippen molar-refractivity contribution in [2.45, 2.75) is 31.2 Å². The minimum Gasteiger partial charge on any atom is -0.490 e. The first-order valence-corrected chi connectivity index (χ1v) is 13.6. The Morgan fingerprint density at radius 3 is 2.55 bits per heavy atom. The number of hydrogen-bond acceptors (Lipinski definition) is 7. The summed E-state index contributed by atoms with van der Waals surface area (Å²) in [5.74, 6) is 1.86. The number of aliphatic hydroxyl groups is 1. The van der Waals surface area contributed by atoms with E-state index in [9.17, 15) is 15.0 Å². The molecule has 1 saturated heterocycles. The second kappa shape index (κ2) is 13.0. The van der Waals surface area contributed by atoms with Gasteiger partial charge in [-0.2, -0.15) is 0 Å². The lowest BCUT2D eigenvalue weighted by atomic mass is 9.84. The number of benzene rings is 3. The zero-order valence-corrected chi connectivity index (χ0v) is 22.6. The molecule has 0 radical (unpaired) electrons. The number of aliphatic hydroxyl groups excluding tert-OH is 1. The number of methoxy groups -OCH3 is 1. The summed E-state index contributed by atoms with van der Waals surface area (Å²) in [5, 5.41) is 20.7. The third-order valence-electron chi connectivity index (χ3n) is 7.36. The molecule has 40 heavy (non-hydrogen) atoms. The van der Waals surface area contributed by atoms with E-state index in [0.717, 1.165) is 47.8 Å². The quantitative estimate of drug-likeness (QED) is 0.351. The van der Waals surface area contributed by atoms with Crippen molar-refractivity contribution in [3.63, 3.8) is 0 Å². The number of rotatable bonds is 10. The monoisotopic (exact) mass is 548 g/mol. The summed E-state index contributed by atoms with van der Waals surface area (Å²) in [4.78, 5) is 15.3. The summed E-state index contributed by atoms with van der Waals surface area (Å²) in [6.07, 6.45) is -1.61. The van der Waals surface area contributed by atoms with Crippen molar-refractivity contribution < 1.29 is 34.0 Å². The third-order valence-corrected chi connectivity index (χ3v) is 7.36. The molecule has 3 aromatic rings. The van der Waals surface area contributed by atoms with Gasteiger partial charge in [-0.05, 0) is 53.9 Å². The summed E-state index contributed by atoms with van der Waals surface area (Å²) in [5.41, 5.74) is 2.84. The number of para-hydroxylation sites is 1. The van der Waals surface area contributed by atoms with Gasteiger partial charge in [0.1, 0.15) is 23.9 Å². The molecule has 1 amide bonds. The van der Waals surface area contributed by atoms with Crippen molar-refractivity contribution in [1.29, 1.82) is 0 Å². The van der Waals surface area contributed by atoms with Crippen LogP contribution in [0.1, 0.15) is 23.5 Å². The normalized spacial score (nSPS) is 20.5. The second-order valence-corrected chi connectivity index (χ2v) is 10.1. The number of β-amino-alcohol motifs (C(OH)–C–C–N with tert-alkyl or cyclic N) is 1. The van der Waals surface area contributed by atoms with Gasteiger partial charge < -0.3 is 39.0 Å². The van der Waals surface area contributed by atoms with E-state index in [1.54, 1.807) is 7.11 Å². The maximum absolute atomic E-state index is 11.8. The maximum atomic E-state index is 11.8. The lowest BCUT2D eigenvalue weighted by Crippen LogP contribution is -2.53. The van der Waals surface area contributed by atoms with Gasteiger partial charge in [0, 0.05) is 26.2 Å². The Balaban J connectivity index is 1.31. The first kappa shape index (κ1) is 27.8. The van der Waals surface area contributed by atoms with E-state index in [-0.39, 0.29) is 19.7 Å². The number of piperidine rings is 1. The van der Waals surface area contributed by atoms with Gasteiger partial charge in [-0.3, -0.25) is 0 Å². The number of fused-ring (bicyclic) bond motifs is 1. The molecular formula is C31H36N2O7. The Hall–Kier alpha value is -3.79. The minimum atomic E-state index is -1.07. The molecule has 0 bridgehead atoms. The van der Waals surface area contributed by atoms with Gasteiger partial charge in [-0.15, -0.1) is 0 Å². The average molecular weight is 549 g/mol. The highest BCUT2D eigenvalue weighted by atomic mass is 16.5. The molecule has 0 spiro atoms. The SMILES string of the molecule is COCCCN1CCOc2ccc(COC3CN(C(=O)O)CC(O)C3c3ccc(Oc4ccccc4)cc3)cc21. The topological polar surface area (TPSA) is 101 Å². The van der Waals surface area contributed by atoms with Crippen LogP contribution in [0.2, 0.25) is 0 Å². The first-order chi connectivity index (χ1) is 19.5. The Labute approximate surface area is 234 Å². The molecule has 3 unspecified atom stereocenters. The largest absolute Gasteiger partial charge is 0.490 e. The molecule has 0 aromatic heterocycles. The van der Waals surface area contributed by atoms with Crippen molar-refractivity contribution in [2.75, 3.05) is 51.4 Å². The minimum absolute atomic E-state index is 0.0226. The summed E-state index contributed by atoms with van der Waals surface area (Å²) in [6.45, 7) is 3.46. The molecular weight excluding hydrogens is 512 g/mol. The average Bonchev–Trinajstić information content (AvgIpc) is 2.97. The third kappa shape index (κ3) is 6.67. The summed E-state index contributed by atoms with van der Waals surface area (Å²) >= 11 is 0. The fraction of sp³-hybridized carbons (Fsp3) is 0.387. The van der Waals surface area contributed by atoms with Gasteiger partial charge in [0.05, 0.1) is 44.1 Å². The Kier molecular flexibility index (Phi) is 9.05. The van der Waals surface area contributed by atoms with Crippen molar-refractivity contribution in [3.05, 3.63) is 83.9 Å². The van der Waals surface area contributed by atoms with Crippen LogP contribution in [0.25, 0.3) is 0 Å². The van der Waals surface area contributed by atoms with Crippen LogP contribution >= 0.6 is 0 Å². The zero-order valence-electron chi connectivity index (χ0n) is 22.6. The van der Waals surface area contributed by atoms with Crippen LogP contribution in [0.5, 0.6) is 17.2 Å². The van der Waals surface area contributed by atoms with Crippen molar-refractivity contribution in [3.8, 4) is 17.2 Å². The van der Waals surface area contributed by atoms with E-state index < -0.39 is 24.2 Å². The maximum Gasteiger partial charge on any atom is 0.407 e. The molecule has 9 heteroatoms. The van der Waals surface area contributed by atoms with E-state index in [1.807, 2.05) is 66.7 Å². The van der Waals surface area contributed by atoms with Crippen LogP contribution in [-0.4, -0.2) is 79.9 Å². The van der Waals surface area contributed by atoms with Gasteiger partial charge in [-0.1, -0.05) is 36.4 Å². The number of carboxylic acid groups (broad SMARTS) is 1. The van der Waals surface area contributed by atoms with E-state index in [4.69, 9.17) is 18.9 Å². The molecule has 9 nitrogen and oxygen atoms in total. The lowest BCUT2D eigenvalue weighted by Gasteiger charge is -2.40. The Morgan fingerprint density at radius 1 is 1.02 bits per heavy atom. The molecule has 3 atom stereocenters. The fourth-order valence-corrected chi connectivity index (χ4v) is 5.37. The van der Waals surface area contributed by atoms with Crippen molar-refractivity contribution in [1.82, 2.24) is 4.90 Å². The fourth-order valence-electron chi connectivity index (χ4n) is 5.37.